The zero-order valence-electron chi connectivity index (χ0n) is 12.9. The lowest BCUT2D eigenvalue weighted by Crippen LogP contribution is -2.10. The van der Waals surface area contributed by atoms with Crippen molar-refractivity contribution in [2.75, 3.05) is 0 Å². The van der Waals surface area contributed by atoms with Crippen LogP contribution in [0.4, 0.5) is 0 Å². The Balaban J connectivity index is 2.21. The van der Waals surface area contributed by atoms with Crippen molar-refractivity contribution < 1.29 is 9.52 Å². The summed E-state index contributed by atoms with van der Waals surface area (Å²) in [5.74, 6) is 0.147. The lowest BCUT2D eigenvalue weighted by atomic mass is 9.86. The fourth-order valence-corrected chi connectivity index (χ4v) is 2.54. The van der Waals surface area contributed by atoms with Gasteiger partial charge in [-0.05, 0) is 40.3 Å². The third-order valence-corrected chi connectivity index (χ3v) is 3.79. The molecule has 3 aromatic rings. The summed E-state index contributed by atoms with van der Waals surface area (Å²) in [5, 5.41) is 10.4. The van der Waals surface area contributed by atoms with Gasteiger partial charge in [0, 0.05) is 11.5 Å². The first kappa shape index (κ1) is 14.4. The molecule has 0 saturated heterocycles. The molecular formula is C19H18O3. The molecule has 3 heteroatoms. The first-order valence-corrected chi connectivity index (χ1v) is 7.22. The molecule has 0 unspecified atom stereocenters. The van der Waals surface area contributed by atoms with E-state index in [0.717, 1.165) is 16.5 Å². The molecule has 0 bridgehead atoms. The van der Waals surface area contributed by atoms with Crippen LogP contribution in [0.15, 0.2) is 57.7 Å². The van der Waals surface area contributed by atoms with E-state index in [0.29, 0.717) is 5.58 Å². The van der Waals surface area contributed by atoms with Crippen LogP contribution in [-0.4, -0.2) is 5.11 Å². The standard InChI is InChI=1S/C19H18O3/c1-19(2,3)13-6-4-12(5-7-13)15-11-18(21)22-17-9-8-14(20)10-16(15)17/h4-11,20H,1-3H3. The van der Waals surface area contributed by atoms with Gasteiger partial charge in [0.05, 0.1) is 0 Å². The van der Waals surface area contributed by atoms with Crippen molar-refractivity contribution in [1.29, 1.82) is 0 Å². The first-order valence-electron chi connectivity index (χ1n) is 7.22. The van der Waals surface area contributed by atoms with Crippen LogP contribution in [0.5, 0.6) is 5.75 Å². The second-order valence-corrected chi connectivity index (χ2v) is 6.49. The Kier molecular flexibility index (Phi) is 3.28. The van der Waals surface area contributed by atoms with Crippen LogP contribution < -0.4 is 5.63 Å². The summed E-state index contributed by atoms with van der Waals surface area (Å²) in [5.41, 5.74) is 3.08. The maximum atomic E-state index is 11.8. The Morgan fingerprint density at radius 3 is 2.27 bits per heavy atom. The highest BCUT2D eigenvalue weighted by molar-refractivity contribution is 5.93. The van der Waals surface area contributed by atoms with Gasteiger partial charge in [-0.15, -0.1) is 0 Å². The summed E-state index contributed by atoms with van der Waals surface area (Å²) in [6.45, 7) is 6.48. The summed E-state index contributed by atoms with van der Waals surface area (Å²) in [6.07, 6.45) is 0. The van der Waals surface area contributed by atoms with Crippen molar-refractivity contribution >= 4 is 11.0 Å². The van der Waals surface area contributed by atoms with Gasteiger partial charge in [0.25, 0.3) is 0 Å². The van der Waals surface area contributed by atoms with Crippen LogP contribution in [0.25, 0.3) is 22.1 Å². The Hall–Kier alpha value is -2.55. The van der Waals surface area contributed by atoms with E-state index in [4.69, 9.17) is 4.42 Å². The van der Waals surface area contributed by atoms with Crippen molar-refractivity contribution in [3.8, 4) is 16.9 Å². The SMILES string of the molecule is CC(C)(C)c1ccc(-c2cc(=O)oc3ccc(O)cc23)cc1. The van der Waals surface area contributed by atoms with Crippen LogP contribution in [0.1, 0.15) is 26.3 Å². The molecule has 0 atom stereocenters. The van der Waals surface area contributed by atoms with Gasteiger partial charge in [-0.1, -0.05) is 45.0 Å². The molecule has 112 valence electrons. The fourth-order valence-electron chi connectivity index (χ4n) is 2.54. The molecule has 3 rings (SSSR count). The van der Waals surface area contributed by atoms with E-state index in [1.54, 1.807) is 12.1 Å². The predicted molar refractivity (Wildman–Crippen MR) is 88.3 cm³/mol. The third-order valence-electron chi connectivity index (χ3n) is 3.79. The molecule has 1 N–H and O–H groups in total. The van der Waals surface area contributed by atoms with E-state index >= 15 is 0 Å². The molecule has 3 nitrogen and oxygen atoms in total. The molecule has 2 aromatic carbocycles. The average molecular weight is 294 g/mol. The van der Waals surface area contributed by atoms with E-state index in [9.17, 15) is 9.90 Å². The third kappa shape index (κ3) is 2.62. The van der Waals surface area contributed by atoms with Crippen molar-refractivity contribution in [2.24, 2.45) is 0 Å². The minimum absolute atomic E-state index is 0.0780. The number of fused-ring (bicyclic) bond motifs is 1. The average Bonchev–Trinajstić information content (AvgIpc) is 2.46. The molecule has 22 heavy (non-hydrogen) atoms. The number of phenolic OH excluding ortho intramolecular Hbond substituents is 1. The molecule has 1 aromatic heterocycles. The number of benzene rings is 2. The van der Waals surface area contributed by atoms with Gasteiger partial charge < -0.3 is 9.52 Å². The second kappa shape index (κ2) is 5.02. The van der Waals surface area contributed by atoms with Crippen LogP contribution >= 0.6 is 0 Å². The normalized spacial score (nSPS) is 11.8. The molecule has 0 aliphatic rings. The van der Waals surface area contributed by atoms with Crippen molar-refractivity contribution in [2.45, 2.75) is 26.2 Å². The Morgan fingerprint density at radius 2 is 1.64 bits per heavy atom. The summed E-state index contributed by atoms with van der Waals surface area (Å²) >= 11 is 0. The maximum Gasteiger partial charge on any atom is 0.336 e. The van der Waals surface area contributed by atoms with Gasteiger partial charge in [-0.2, -0.15) is 0 Å². The van der Waals surface area contributed by atoms with Gasteiger partial charge in [-0.25, -0.2) is 4.79 Å². The van der Waals surface area contributed by atoms with E-state index in [-0.39, 0.29) is 11.2 Å². The summed E-state index contributed by atoms with van der Waals surface area (Å²) in [6, 6.07) is 14.3. The second-order valence-electron chi connectivity index (χ2n) is 6.49. The zero-order chi connectivity index (χ0) is 15.9. The number of hydrogen-bond acceptors (Lipinski definition) is 3. The highest BCUT2D eigenvalue weighted by Crippen LogP contribution is 2.31. The lowest BCUT2D eigenvalue weighted by molar-refractivity contribution is 0.475. The van der Waals surface area contributed by atoms with Gasteiger partial charge in [0.2, 0.25) is 0 Å². The van der Waals surface area contributed by atoms with Gasteiger partial charge in [0.1, 0.15) is 11.3 Å². The van der Waals surface area contributed by atoms with Crippen molar-refractivity contribution in [3.63, 3.8) is 0 Å². The molecule has 0 amide bonds. The molecular weight excluding hydrogens is 276 g/mol. The van der Waals surface area contributed by atoms with Gasteiger partial charge >= 0.3 is 5.63 Å². The quantitative estimate of drug-likeness (QED) is 0.674. The molecule has 0 aliphatic carbocycles. The molecule has 1 heterocycles. The van der Waals surface area contributed by atoms with Crippen molar-refractivity contribution in [3.05, 3.63) is 64.5 Å². The van der Waals surface area contributed by atoms with E-state index in [2.05, 4.69) is 32.9 Å². The van der Waals surface area contributed by atoms with Gasteiger partial charge in [0.15, 0.2) is 0 Å². The molecule has 0 spiro atoms. The zero-order valence-corrected chi connectivity index (χ0v) is 12.9. The predicted octanol–water partition coefficient (Wildman–Crippen LogP) is 4.46. The van der Waals surface area contributed by atoms with E-state index in [1.807, 2.05) is 12.1 Å². The van der Waals surface area contributed by atoms with Crippen LogP contribution in [0.3, 0.4) is 0 Å². The number of aromatic hydroxyl groups is 1. The molecule has 0 saturated carbocycles. The van der Waals surface area contributed by atoms with Crippen LogP contribution in [0.2, 0.25) is 0 Å². The largest absolute Gasteiger partial charge is 0.508 e. The fraction of sp³-hybridized carbons (Fsp3) is 0.211. The van der Waals surface area contributed by atoms with Crippen molar-refractivity contribution in [1.82, 2.24) is 0 Å². The number of phenols is 1. The number of hydrogen-bond donors (Lipinski definition) is 1. The Labute approximate surface area is 128 Å². The summed E-state index contributed by atoms with van der Waals surface area (Å²) < 4.78 is 5.19. The smallest absolute Gasteiger partial charge is 0.336 e. The summed E-state index contributed by atoms with van der Waals surface area (Å²) in [4.78, 5) is 11.8. The first-order chi connectivity index (χ1) is 10.3. The molecule has 0 aliphatic heterocycles. The lowest BCUT2D eigenvalue weighted by Gasteiger charge is -2.19. The van der Waals surface area contributed by atoms with Crippen LogP contribution in [0, 0.1) is 0 Å². The highest BCUT2D eigenvalue weighted by Gasteiger charge is 2.14. The minimum atomic E-state index is -0.395. The maximum absolute atomic E-state index is 11.8. The minimum Gasteiger partial charge on any atom is -0.508 e. The monoisotopic (exact) mass is 294 g/mol. The van der Waals surface area contributed by atoms with E-state index in [1.165, 1.54) is 17.7 Å². The molecule has 0 radical (unpaired) electrons. The van der Waals surface area contributed by atoms with E-state index < -0.39 is 5.63 Å². The Morgan fingerprint density at radius 1 is 0.955 bits per heavy atom. The van der Waals surface area contributed by atoms with Crippen LogP contribution in [-0.2, 0) is 5.41 Å². The topological polar surface area (TPSA) is 50.4 Å². The van der Waals surface area contributed by atoms with Gasteiger partial charge in [-0.3, -0.25) is 0 Å². The summed E-state index contributed by atoms with van der Waals surface area (Å²) in [7, 11) is 0. The number of rotatable bonds is 1. The Bertz CT molecular complexity index is 881. The molecule has 0 fully saturated rings. The highest BCUT2D eigenvalue weighted by atomic mass is 16.4.